The minimum absolute atomic E-state index is 0.185. The van der Waals surface area contributed by atoms with Gasteiger partial charge in [0.05, 0.1) is 10.4 Å². The molecule has 22 heavy (non-hydrogen) atoms. The highest BCUT2D eigenvalue weighted by molar-refractivity contribution is 5.93. The van der Waals surface area contributed by atoms with Gasteiger partial charge in [-0.15, -0.1) is 4.68 Å². The lowest BCUT2D eigenvalue weighted by molar-refractivity contribution is -0.598. The minimum Gasteiger partial charge on any atom is -0.382 e. The number of nitrogens with one attached hydrogen (secondary N) is 2. The third-order valence-corrected chi connectivity index (χ3v) is 2.80. The van der Waals surface area contributed by atoms with E-state index >= 15 is 0 Å². The van der Waals surface area contributed by atoms with Crippen LogP contribution in [0.2, 0.25) is 0 Å². The van der Waals surface area contributed by atoms with Crippen molar-refractivity contribution < 1.29 is 4.81 Å². The number of amidine groups is 1. The van der Waals surface area contributed by atoms with Gasteiger partial charge < -0.3 is 11.5 Å². The van der Waals surface area contributed by atoms with Gasteiger partial charge in [0, 0.05) is 5.56 Å². The van der Waals surface area contributed by atoms with Gasteiger partial charge in [-0.3, -0.25) is 5.41 Å². The summed E-state index contributed by atoms with van der Waals surface area (Å²) in [7, 11) is 0. The number of nitrogen functional groups attached to an aromatic ring is 1. The first-order chi connectivity index (χ1) is 10.6. The van der Waals surface area contributed by atoms with Gasteiger partial charge in [-0.2, -0.15) is 4.98 Å². The minimum atomic E-state index is -0.214. The molecule has 0 aliphatic carbocycles. The number of anilines is 1. The number of benzene rings is 1. The SMILES string of the molecule is N=C(N)C1=C[N+](=Nn2cc(-c3ccccc3)nc2N)NN=N1. The van der Waals surface area contributed by atoms with Gasteiger partial charge in [-0.05, 0) is 9.92 Å². The van der Waals surface area contributed by atoms with Crippen LogP contribution >= 0.6 is 0 Å². The molecule has 3 rings (SSSR count). The molecule has 0 fully saturated rings. The summed E-state index contributed by atoms with van der Waals surface area (Å²) in [6, 6.07) is 9.59. The Morgan fingerprint density at radius 1 is 1.32 bits per heavy atom. The van der Waals surface area contributed by atoms with Crippen molar-refractivity contribution in [3.8, 4) is 11.3 Å². The second-order valence-electron chi connectivity index (χ2n) is 4.36. The summed E-state index contributed by atoms with van der Waals surface area (Å²) >= 11 is 0. The standard InChI is InChI=1S/C12H13N10/c13-11(14)10-7-22(19-18-17-10)20-21-6-9(16-12(21)15)8-4-2-1-3-5-8/h1-7H,(H3,13,14)(H3,15,16,17,19,20)/q+1. The summed E-state index contributed by atoms with van der Waals surface area (Å²) < 4.78 is 1.38. The van der Waals surface area contributed by atoms with Gasteiger partial charge in [-0.25, -0.2) is 0 Å². The highest BCUT2D eigenvalue weighted by Crippen LogP contribution is 2.19. The van der Waals surface area contributed by atoms with E-state index in [2.05, 4.69) is 26.1 Å². The smallest absolute Gasteiger partial charge is 0.286 e. The summed E-state index contributed by atoms with van der Waals surface area (Å²) in [5, 5.41) is 18.8. The van der Waals surface area contributed by atoms with Crippen LogP contribution < -0.4 is 17.0 Å². The second-order valence-corrected chi connectivity index (χ2v) is 4.36. The summed E-state index contributed by atoms with van der Waals surface area (Å²) in [6.07, 6.45) is 3.09. The lowest BCUT2D eigenvalue weighted by Crippen LogP contribution is -2.25. The maximum absolute atomic E-state index is 7.33. The van der Waals surface area contributed by atoms with Crippen molar-refractivity contribution in [3.05, 3.63) is 48.4 Å². The first-order valence-corrected chi connectivity index (χ1v) is 6.27. The Labute approximate surface area is 124 Å². The van der Waals surface area contributed by atoms with Crippen LogP contribution in [0.5, 0.6) is 0 Å². The van der Waals surface area contributed by atoms with E-state index < -0.39 is 0 Å². The van der Waals surface area contributed by atoms with Crippen LogP contribution in [0.1, 0.15) is 0 Å². The fourth-order valence-corrected chi connectivity index (χ4v) is 1.77. The Balaban J connectivity index is 1.94. The second kappa shape index (κ2) is 5.44. The molecular formula is C12H13N10+. The number of hydrazine groups is 1. The monoisotopic (exact) mass is 297 g/mol. The molecule has 0 atom stereocenters. The average molecular weight is 297 g/mol. The number of hydrogen-bond donors (Lipinski definition) is 4. The lowest BCUT2D eigenvalue weighted by atomic mass is 10.2. The summed E-state index contributed by atoms with van der Waals surface area (Å²) in [5.74, 6) is -0.00466. The summed E-state index contributed by atoms with van der Waals surface area (Å²) in [4.78, 5) is 5.48. The van der Waals surface area contributed by atoms with Crippen LogP contribution in [0.25, 0.3) is 11.3 Å². The molecule has 0 saturated heterocycles. The van der Waals surface area contributed by atoms with E-state index in [-0.39, 0.29) is 17.5 Å². The topological polar surface area (TPSA) is 146 Å². The van der Waals surface area contributed by atoms with Gasteiger partial charge in [0.25, 0.3) is 5.95 Å². The molecule has 1 aromatic carbocycles. The van der Waals surface area contributed by atoms with Crippen molar-refractivity contribution in [2.24, 2.45) is 21.3 Å². The van der Waals surface area contributed by atoms with E-state index in [0.29, 0.717) is 5.69 Å². The van der Waals surface area contributed by atoms with Crippen molar-refractivity contribution in [3.63, 3.8) is 0 Å². The van der Waals surface area contributed by atoms with Crippen LogP contribution in [-0.4, -0.2) is 20.3 Å². The van der Waals surface area contributed by atoms with Crippen molar-refractivity contribution >= 4 is 11.8 Å². The zero-order valence-corrected chi connectivity index (χ0v) is 11.4. The summed E-state index contributed by atoms with van der Waals surface area (Å²) in [5.41, 5.74) is 15.5. The Kier molecular flexibility index (Phi) is 3.32. The quantitative estimate of drug-likeness (QED) is 0.380. The normalized spacial score (nSPS) is 15.5. The number of nitrogens with two attached hydrogens (primary N) is 2. The first kappa shape index (κ1) is 13.4. The van der Waals surface area contributed by atoms with E-state index in [0.717, 1.165) is 5.56 Å². The third kappa shape index (κ3) is 2.65. The van der Waals surface area contributed by atoms with Gasteiger partial charge in [0.1, 0.15) is 23.9 Å². The number of rotatable bonds is 3. The molecule has 0 amide bonds. The molecule has 1 aliphatic rings. The molecule has 110 valence electrons. The third-order valence-electron chi connectivity index (χ3n) is 2.80. The molecule has 6 N–H and O–H groups in total. The van der Waals surface area contributed by atoms with Gasteiger partial charge in [0.15, 0.2) is 5.70 Å². The fourth-order valence-electron chi connectivity index (χ4n) is 1.77. The first-order valence-electron chi connectivity index (χ1n) is 6.27. The molecule has 10 heteroatoms. The van der Waals surface area contributed by atoms with Gasteiger partial charge in [0.2, 0.25) is 0 Å². The molecule has 0 spiro atoms. The Morgan fingerprint density at radius 2 is 2.09 bits per heavy atom. The van der Waals surface area contributed by atoms with Crippen LogP contribution in [0, 0.1) is 5.41 Å². The molecule has 2 heterocycles. The lowest BCUT2D eigenvalue weighted by Gasteiger charge is -2.02. The Morgan fingerprint density at radius 3 is 2.82 bits per heavy atom. The molecule has 0 unspecified atom stereocenters. The maximum Gasteiger partial charge on any atom is 0.286 e. The van der Waals surface area contributed by atoms with Crippen LogP contribution in [0.4, 0.5) is 5.95 Å². The van der Waals surface area contributed by atoms with Crippen LogP contribution in [0.3, 0.4) is 0 Å². The van der Waals surface area contributed by atoms with Gasteiger partial charge in [-0.1, -0.05) is 35.9 Å². The zero-order chi connectivity index (χ0) is 15.5. The highest BCUT2D eigenvalue weighted by Gasteiger charge is 2.14. The number of imidazole rings is 1. The Hall–Kier alpha value is -3.56. The van der Waals surface area contributed by atoms with E-state index in [1.54, 1.807) is 6.20 Å². The van der Waals surface area contributed by atoms with E-state index in [1.807, 2.05) is 30.3 Å². The molecule has 0 bridgehead atoms. The van der Waals surface area contributed by atoms with E-state index in [9.17, 15) is 0 Å². The number of hydrogen-bond acceptors (Lipinski definition) is 6. The molecule has 0 saturated carbocycles. The molecule has 2 aromatic rings. The maximum atomic E-state index is 7.33. The predicted octanol–water partition coefficient (Wildman–Crippen LogP) is 1.02. The zero-order valence-electron chi connectivity index (χ0n) is 11.4. The van der Waals surface area contributed by atoms with E-state index in [4.69, 9.17) is 16.9 Å². The van der Waals surface area contributed by atoms with Gasteiger partial charge >= 0.3 is 0 Å². The van der Waals surface area contributed by atoms with E-state index in [1.165, 1.54) is 15.7 Å². The fraction of sp³-hybridized carbons (Fsp3) is 0. The molecular weight excluding hydrogens is 284 g/mol. The molecule has 10 nitrogen and oxygen atoms in total. The number of nitrogens with zero attached hydrogens (tertiary/aromatic N) is 6. The van der Waals surface area contributed by atoms with Crippen molar-refractivity contribution in [1.82, 2.24) is 15.2 Å². The van der Waals surface area contributed by atoms with Crippen molar-refractivity contribution in [2.75, 3.05) is 5.73 Å². The molecule has 1 aromatic heterocycles. The van der Waals surface area contributed by atoms with Crippen LogP contribution in [-0.2, 0) is 0 Å². The average Bonchev–Trinajstić information content (AvgIpc) is 2.89. The predicted molar refractivity (Wildman–Crippen MR) is 78.2 cm³/mol. The van der Waals surface area contributed by atoms with Crippen molar-refractivity contribution in [1.29, 1.82) is 5.41 Å². The van der Waals surface area contributed by atoms with Crippen LogP contribution in [0.15, 0.2) is 64.0 Å². The molecule has 0 radical (unpaired) electrons. The largest absolute Gasteiger partial charge is 0.382 e. The molecule has 1 aliphatic heterocycles. The highest BCUT2D eigenvalue weighted by atomic mass is 15.8. The Bertz CT molecular complexity index is 799. The number of aromatic nitrogens is 2. The summed E-state index contributed by atoms with van der Waals surface area (Å²) in [6.45, 7) is 0. The van der Waals surface area contributed by atoms with Crippen molar-refractivity contribution in [2.45, 2.75) is 0 Å².